The van der Waals surface area contributed by atoms with Gasteiger partial charge in [-0.3, -0.25) is 14.4 Å². The summed E-state index contributed by atoms with van der Waals surface area (Å²) in [7, 11) is 3.98. The molecule has 3 aromatic carbocycles. The van der Waals surface area contributed by atoms with E-state index in [1.807, 2.05) is 67.2 Å². The number of nitrogens with one attached hydrogen (secondary N) is 2. The van der Waals surface area contributed by atoms with Crippen LogP contribution in [0.4, 0.5) is 11.4 Å². The van der Waals surface area contributed by atoms with Crippen molar-refractivity contribution in [2.24, 2.45) is 5.41 Å². The summed E-state index contributed by atoms with van der Waals surface area (Å²) in [5.74, 6) is -0.233. The van der Waals surface area contributed by atoms with Gasteiger partial charge in [0.2, 0.25) is 5.91 Å². The second kappa shape index (κ2) is 12.1. The van der Waals surface area contributed by atoms with Gasteiger partial charge in [-0.2, -0.15) is 0 Å². The van der Waals surface area contributed by atoms with E-state index in [1.54, 1.807) is 30.3 Å². The molecule has 2 aliphatic rings. The Kier molecular flexibility index (Phi) is 8.36. The normalized spacial score (nSPS) is 18.0. The number of amides is 3. The molecule has 0 radical (unpaired) electrons. The van der Waals surface area contributed by atoms with Crippen molar-refractivity contribution in [3.8, 4) is 0 Å². The van der Waals surface area contributed by atoms with Gasteiger partial charge in [-0.1, -0.05) is 42.5 Å². The molecule has 41 heavy (non-hydrogen) atoms. The molecule has 1 unspecified atom stereocenters. The SMILES string of the molecule is Cc1ccccc1C(=O)Nc1ccc(C(=O)N2CCC3(C=C(C(=O)NCCN(C)C)CC3)Cc3ccccc32)cc1. The second-order valence-corrected chi connectivity index (χ2v) is 11.4. The third-order valence-electron chi connectivity index (χ3n) is 8.19. The highest BCUT2D eigenvalue weighted by molar-refractivity contribution is 6.08. The Morgan fingerprint density at radius 3 is 2.39 bits per heavy atom. The van der Waals surface area contributed by atoms with E-state index in [0.29, 0.717) is 29.9 Å². The second-order valence-electron chi connectivity index (χ2n) is 11.4. The van der Waals surface area contributed by atoms with E-state index in [-0.39, 0.29) is 23.1 Å². The molecule has 0 saturated carbocycles. The number of nitrogens with zero attached hydrogens (tertiary/aromatic N) is 2. The zero-order valence-corrected chi connectivity index (χ0v) is 24.1. The van der Waals surface area contributed by atoms with E-state index in [1.165, 1.54) is 0 Å². The summed E-state index contributed by atoms with van der Waals surface area (Å²) in [5, 5.41) is 5.98. The van der Waals surface area contributed by atoms with E-state index >= 15 is 0 Å². The topological polar surface area (TPSA) is 81.8 Å². The highest BCUT2D eigenvalue weighted by Crippen LogP contribution is 2.46. The Morgan fingerprint density at radius 2 is 1.63 bits per heavy atom. The Balaban J connectivity index is 1.31. The van der Waals surface area contributed by atoms with Gasteiger partial charge in [-0.15, -0.1) is 0 Å². The number of hydrogen-bond acceptors (Lipinski definition) is 4. The fraction of sp³-hybridized carbons (Fsp3) is 0.324. The quantitative estimate of drug-likeness (QED) is 0.423. The molecule has 0 aromatic heterocycles. The molecule has 1 heterocycles. The van der Waals surface area contributed by atoms with Crippen LogP contribution < -0.4 is 15.5 Å². The molecule has 1 spiro atoms. The molecule has 7 heteroatoms. The summed E-state index contributed by atoms with van der Waals surface area (Å²) in [5.41, 5.74) is 5.47. The molecule has 0 fully saturated rings. The molecular formula is C34H38N4O3. The molecule has 3 amide bonds. The smallest absolute Gasteiger partial charge is 0.258 e. The first-order chi connectivity index (χ1) is 19.7. The number of carbonyl (C=O) groups is 3. The highest BCUT2D eigenvalue weighted by atomic mass is 16.2. The predicted octanol–water partition coefficient (Wildman–Crippen LogP) is 5.22. The van der Waals surface area contributed by atoms with Gasteiger partial charge >= 0.3 is 0 Å². The van der Waals surface area contributed by atoms with Crippen molar-refractivity contribution in [3.05, 3.63) is 107 Å². The van der Waals surface area contributed by atoms with Crippen LogP contribution in [0.2, 0.25) is 0 Å². The number of para-hydroxylation sites is 1. The third-order valence-corrected chi connectivity index (χ3v) is 8.19. The first kappa shape index (κ1) is 28.3. The number of allylic oxidation sites excluding steroid dienone is 1. The Labute approximate surface area is 242 Å². The van der Waals surface area contributed by atoms with Gasteiger partial charge in [0, 0.05) is 47.7 Å². The van der Waals surface area contributed by atoms with E-state index in [9.17, 15) is 14.4 Å². The third kappa shape index (κ3) is 6.41. The maximum atomic E-state index is 13.8. The van der Waals surface area contributed by atoms with Crippen molar-refractivity contribution in [3.63, 3.8) is 0 Å². The fourth-order valence-electron chi connectivity index (χ4n) is 5.86. The standard InChI is InChI=1S/C34H38N4O3/c1-24-8-4-6-10-29(24)32(40)36-28-14-12-25(13-15-28)33(41)38-20-18-34(22-26-9-5-7-11-30(26)38)17-16-27(23-34)31(39)35-19-21-37(2)3/h4-15,23H,16-22H2,1-3H3,(H,35,39)(H,36,40). The molecule has 1 aliphatic heterocycles. The number of fused-ring (bicyclic) bond motifs is 1. The zero-order valence-electron chi connectivity index (χ0n) is 24.1. The molecule has 2 N–H and O–H groups in total. The van der Waals surface area contributed by atoms with Gasteiger partial charge in [0.05, 0.1) is 0 Å². The number of aryl methyl sites for hydroxylation is 1. The zero-order chi connectivity index (χ0) is 29.0. The Morgan fingerprint density at radius 1 is 0.902 bits per heavy atom. The summed E-state index contributed by atoms with van der Waals surface area (Å²) >= 11 is 0. The first-order valence-corrected chi connectivity index (χ1v) is 14.3. The average Bonchev–Trinajstić information content (AvgIpc) is 3.30. The average molecular weight is 551 g/mol. The van der Waals surface area contributed by atoms with Crippen LogP contribution in [0.5, 0.6) is 0 Å². The van der Waals surface area contributed by atoms with Gasteiger partial charge in [-0.25, -0.2) is 0 Å². The monoisotopic (exact) mass is 550 g/mol. The summed E-state index contributed by atoms with van der Waals surface area (Å²) < 4.78 is 0. The molecular weight excluding hydrogens is 512 g/mol. The van der Waals surface area contributed by atoms with Crippen molar-refractivity contribution >= 4 is 29.1 Å². The molecule has 5 rings (SSSR count). The fourth-order valence-corrected chi connectivity index (χ4v) is 5.86. The number of likely N-dealkylation sites (N-methyl/N-ethyl adjacent to an activating group) is 1. The van der Waals surface area contributed by atoms with Crippen LogP contribution in [0, 0.1) is 12.3 Å². The summed E-state index contributed by atoms with van der Waals surface area (Å²) in [4.78, 5) is 43.3. The Hall–Kier alpha value is -4.23. The van der Waals surface area contributed by atoms with Gasteiger partial charge in [-0.05, 0) is 99.6 Å². The lowest BCUT2D eigenvalue weighted by Gasteiger charge is -2.26. The van der Waals surface area contributed by atoms with Crippen LogP contribution in [-0.2, 0) is 11.2 Å². The minimum absolute atomic E-state index is 0.0174. The number of benzene rings is 3. The van der Waals surface area contributed by atoms with Crippen LogP contribution >= 0.6 is 0 Å². The molecule has 0 bridgehead atoms. The number of anilines is 2. The largest absolute Gasteiger partial charge is 0.351 e. The van der Waals surface area contributed by atoms with Crippen LogP contribution in [0.3, 0.4) is 0 Å². The summed E-state index contributed by atoms with van der Waals surface area (Å²) in [6, 6.07) is 22.6. The maximum Gasteiger partial charge on any atom is 0.258 e. The van der Waals surface area contributed by atoms with Crippen LogP contribution in [0.1, 0.15) is 51.1 Å². The van der Waals surface area contributed by atoms with Crippen molar-refractivity contribution < 1.29 is 14.4 Å². The number of rotatable bonds is 7. The lowest BCUT2D eigenvalue weighted by molar-refractivity contribution is -0.117. The predicted molar refractivity (Wildman–Crippen MR) is 163 cm³/mol. The highest BCUT2D eigenvalue weighted by Gasteiger charge is 2.39. The molecule has 1 atom stereocenters. The van der Waals surface area contributed by atoms with Crippen molar-refractivity contribution in [1.29, 1.82) is 0 Å². The minimum Gasteiger partial charge on any atom is -0.351 e. The van der Waals surface area contributed by atoms with Gasteiger partial charge < -0.3 is 20.4 Å². The lowest BCUT2D eigenvalue weighted by atomic mass is 9.79. The minimum atomic E-state index is -0.177. The lowest BCUT2D eigenvalue weighted by Crippen LogP contribution is -2.33. The van der Waals surface area contributed by atoms with Crippen molar-refractivity contribution in [2.45, 2.75) is 32.6 Å². The van der Waals surface area contributed by atoms with Gasteiger partial charge in [0.25, 0.3) is 11.8 Å². The van der Waals surface area contributed by atoms with Crippen LogP contribution in [0.15, 0.2) is 84.4 Å². The van der Waals surface area contributed by atoms with Gasteiger partial charge in [0.1, 0.15) is 0 Å². The van der Waals surface area contributed by atoms with E-state index in [2.05, 4.69) is 22.8 Å². The maximum absolute atomic E-state index is 13.8. The molecule has 212 valence electrons. The van der Waals surface area contributed by atoms with E-state index in [0.717, 1.165) is 54.6 Å². The summed E-state index contributed by atoms with van der Waals surface area (Å²) in [6.45, 7) is 3.89. The van der Waals surface area contributed by atoms with E-state index in [4.69, 9.17) is 0 Å². The van der Waals surface area contributed by atoms with Crippen molar-refractivity contribution in [2.75, 3.05) is 43.9 Å². The number of hydrogen-bond donors (Lipinski definition) is 2. The van der Waals surface area contributed by atoms with Gasteiger partial charge in [0.15, 0.2) is 0 Å². The first-order valence-electron chi connectivity index (χ1n) is 14.3. The van der Waals surface area contributed by atoms with Crippen molar-refractivity contribution in [1.82, 2.24) is 10.2 Å². The Bertz CT molecular complexity index is 1480. The van der Waals surface area contributed by atoms with Crippen LogP contribution in [0.25, 0.3) is 0 Å². The molecule has 1 aliphatic carbocycles. The molecule has 7 nitrogen and oxygen atoms in total. The summed E-state index contributed by atoms with van der Waals surface area (Å²) in [6.07, 6.45) is 5.40. The molecule has 0 saturated heterocycles. The van der Waals surface area contributed by atoms with E-state index < -0.39 is 0 Å². The number of carbonyl (C=O) groups excluding carboxylic acids is 3. The molecule has 3 aromatic rings. The van der Waals surface area contributed by atoms with Crippen LogP contribution in [-0.4, -0.2) is 56.4 Å².